The van der Waals surface area contributed by atoms with Crippen molar-refractivity contribution in [2.75, 3.05) is 4.90 Å². The molecule has 0 radical (unpaired) electrons. The topological polar surface area (TPSA) is 3.24 Å². The first-order valence-corrected chi connectivity index (χ1v) is 21.4. The van der Waals surface area contributed by atoms with Crippen LogP contribution in [-0.2, 0) is 10.8 Å². The maximum atomic E-state index is 2.65. The molecule has 276 valence electrons. The highest BCUT2D eigenvalue weighted by molar-refractivity contribution is 6.10. The van der Waals surface area contributed by atoms with E-state index < -0.39 is 0 Å². The largest absolute Gasteiger partial charge is 0.309 e. The van der Waals surface area contributed by atoms with E-state index in [1.54, 1.807) is 5.56 Å². The van der Waals surface area contributed by atoms with Crippen LogP contribution in [0.5, 0.6) is 0 Å². The Labute approximate surface area is 333 Å². The minimum Gasteiger partial charge on any atom is -0.309 e. The molecule has 56 heavy (non-hydrogen) atoms. The van der Waals surface area contributed by atoms with Crippen LogP contribution in [0, 0.1) is 17.8 Å². The number of nitrogens with zero attached hydrogens (tertiary/aromatic N) is 1. The average Bonchev–Trinajstić information content (AvgIpc) is 3.53. The zero-order valence-electron chi connectivity index (χ0n) is 32.8. The summed E-state index contributed by atoms with van der Waals surface area (Å²) >= 11 is 0. The molecule has 0 spiro atoms. The normalized spacial score (nSPS) is 22.6. The standard InChI is InChI=1S/C55H51N/c1-3-55(4-2)50-24-13-12-23-49(50)52-51(55)32-42-17-8-9-22-48(42)53(52)56(45-19-14-18-43(33-45)54-34-37-29-38(35-54)31-39(30-37)36-54)44-27-25-41(26-28-44)47-21-11-10-20-46(47)40-15-6-5-7-16-40/h5-28,32-33,37-39H,3-4,29-31,34-36H2,1-2H3. The van der Waals surface area contributed by atoms with Crippen LogP contribution in [0.2, 0.25) is 0 Å². The van der Waals surface area contributed by atoms with Crippen LogP contribution in [0.4, 0.5) is 17.1 Å². The van der Waals surface area contributed by atoms with E-state index in [4.69, 9.17) is 0 Å². The van der Waals surface area contributed by atoms with Crippen LogP contribution < -0.4 is 4.90 Å². The van der Waals surface area contributed by atoms with Gasteiger partial charge in [0.05, 0.1) is 5.69 Å². The molecule has 4 bridgehead atoms. The van der Waals surface area contributed by atoms with Gasteiger partial charge >= 0.3 is 0 Å². The van der Waals surface area contributed by atoms with Crippen LogP contribution in [0.15, 0.2) is 158 Å². The number of fused-ring (bicyclic) bond motifs is 4. The van der Waals surface area contributed by atoms with Gasteiger partial charge in [-0.3, -0.25) is 0 Å². The van der Waals surface area contributed by atoms with Gasteiger partial charge < -0.3 is 4.90 Å². The number of anilines is 3. The van der Waals surface area contributed by atoms with E-state index in [1.165, 1.54) is 111 Å². The molecule has 0 unspecified atom stereocenters. The summed E-state index contributed by atoms with van der Waals surface area (Å²) in [6.07, 6.45) is 10.6. The fourth-order valence-corrected chi connectivity index (χ4v) is 12.7. The highest BCUT2D eigenvalue weighted by Gasteiger charge is 2.52. The van der Waals surface area contributed by atoms with E-state index >= 15 is 0 Å². The monoisotopic (exact) mass is 725 g/mol. The zero-order valence-corrected chi connectivity index (χ0v) is 32.8. The lowest BCUT2D eigenvalue weighted by Gasteiger charge is -2.57. The second-order valence-electron chi connectivity index (χ2n) is 17.7. The Morgan fingerprint density at radius 1 is 0.500 bits per heavy atom. The van der Waals surface area contributed by atoms with Crippen molar-refractivity contribution >= 4 is 27.8 Å². The van der Waals surface area contributed by atoms with Crippen molar-refractivity contribution in [3.05, 3.63) is 174 Å². The predicted molar refractivity (Wildman–Crippen MR) is 236 cm³/mol. The maximum Gasteiger partial charge on any atom is 0.0621 e. The van der Waals surface area contributed by atoms with Crippen molar-refractivity contribution in [3.8, 4) is 33.4 Å². The van der Waals surface area contributed by atoms with Crippen molar-refractivity contribution in [1.29, 1.82) is 0 Å². The molecule has 4 saturated carbocycles. The van der Waals surface area contributed by atoms with Gasteiger partial charge in [-0.2, -0.15) is 0 Å². The number of hydrogen-bond acceptors (Lipinski definition) is 1. The van der Waals surface area contributed by atoms with Crippen molar-refractivity contribution < 1.29 is 0 Å². The van der Waals surface area contributed by atoms with Gasteiger partial charge in [-0.1, -0.05) is 141 Å². The van der Waals surface area contributed by atoms with Gasteiger partial charge in [0.25, 0.3) is 0 Å². The van der Waals surface area contributed by atoms with E-state index in [-0.39, 0.29) is 5.41 Å². The van der Waals surface area contributed by atoms with E-state index in [1.807, 2.05) is 0 Å². The second kappa shape index (κ2) is 13.1. The first-order valence-electron chi connectivity index (χ1n) is 21.4. The Balaban J connectivity index is 1.15. The molecule has 0 saturated heterocycles. The summed E-state index contributed by atoms with van der Waals surface area (Å²) in [6.45, 7) is 4.78. The summed E-state index contributed by atoms with van der Waals surface area (Å²) in [5.41, 5.74) is 16.4. The number of benzene rings is 7. The molecule has 0 amide bonds. The van der Waals surface area contributed by atoms with Gasteiger partial charge in [-0.15, -0.1) is 0 Å². The molecule has 5 aliphatic rings. The summed E-state index contributed by atoms with van der Waals surface area (Å²) in [5, 5.41) is 2.62. The summed E-state index contributed by atoms with van der Waals surface area (Å²) in [7, 11) is 0. The van der Waals surface area contributed by atoms with Gasteiger partial charge in [0.2, 0.25) is 0 Å². The predicted octanol–water partition coefficient (Wildman–Crippen LogP) is 15.2. The van der Waals surface area contributed by atoms with Crippen molar-refractivity contribution in [1.82, 2.24) is 0 Å². The quantitative estimate of drug-likeness (QED) is 0.151. The van der Waals surface area contributed by atoms with E-state index in [0.717, 1.165) is 30.6 Å². The van der Waals surface area contributed by atoms with E-state index in [0.29, 0.717) is 5.41 Å². The lowest BCUT2D eigenvalue weighted by molar-refractivity contribution is -0.00516. The van der Waals surface area contributed by atoms with E-state index in [9.17, 15) is 0 Å². The van der Waals surface area contributed by atoms with Gasteiger partial charge in [-0.25, -0.2) is 0 Å². The van der Waals surface area contributed by atoms with Crippen LogP contribution in [0.1, 0.15) is 81.9 Å². The Hall–Kier alpha value is -5.40. The molecule has 7 aromatic carbocycles. The lowest BCUT2D eigenvalue weighted by atomic mass is 9.48. The number of rotatable bonds is 8. The fourth-order valence-electron chi connectivity index (χ4n) is 12.7. The van der Waals surface area contributed by atoms with Crippen LogP contribution in [0.3, 0.4) is 0 Å². The Bertz CT molecular complexity index is 2550. The molecule has 12 rings (SSSR count). The van der Waals surface area contributed by atoms with Gasteiger partial charge in [-0.05, 0) is 155 Å². The lowest BCUT2D eigenvalue weighted by Crippen LogP contribution is -2.48. The molecule has 1 heteroatoms. The summed E-state index contributed by atoms with van der Waals surface area (Å²) < 4.78 is 0. The molecular formula is C55H51N. The Kier molecular flexibility index (Phi) is 7.92. The Morgan fingerprint density at radius 3 is 1.77 bits per heavy atom. The Morgan fingerprint density at radius 2 is 1.09 bits per heavy atom. The molecule has 0 aliphatic heterocycles. The van der Waals surface area contributed by atoms with E-state index in [2.05, 4.69) is 176 Å². The molecule has 5 aliphatic carbocycles. The fraction of sp³-hybridized carbons (Fsp3) is 0.273. The van der Waals surface area contributed by atoms with Gasteiger partial charge in [0.15, 0.2) is 0 Å². The van der Waals surface area contributed by atoms with Crippen LogP contribution in [-0.4, -0.2) is 0 Å². The number of hydrogen-bond donors (Lipinski definition) is 0. The smallest absolute Gasteiger partial charge is 0.0621 e. The van der Waals surface area contributed by atoms with Gasteiger partial charge in [0, 0.05) is 27.7 Å². The van der Waals surface area contributed by atoms with Crippen molar-refractivity contribution in [3.63, 3.8) is 0 Å². The molecule has 0 heterocycles. The minimum atomic E-state index is -0.0254. The molecule has 7 aromatic rings. The molecule has 0 N–H and O–H groups in total. The van der Waals surface area contributed by atoms with Crippen LogP contribution >= 0.6 is 0 Å². The third-order valence-corrected chi connectivity index (χ3v) is 14.9. The molecule has 0 aromatic heterocycles. The first-order chi connectivity index (χ1) is 27.6. The highest BCUT2D eigenvalue weighted by atomic mass is 15.1. The summed E-state index contributed by atoms with van der Waals surface area (Å²) in [5.74, 6) is 2.71. The van der Waals surface area contributed by atoms with Gasteiger partial charge in [0.1, 0.15) is 0 Å². The second-order valence-corrected chi connectivity index (χ2v) is 17.7. The molecule has 0 atom stereocenters. The third kappa shape index (κ3) is 5.12. The van der Waals surface area contributed by atoms with Crippen LogP contribution in [0.25, 0.3) is 44.2 Å². The molecule has 1 nitrogen and oxygen atoms in total. The molecule has 4 fully saturated rings. The minimum absolute atomic E-state index is 0.0254. The zero-order chi connectivity index (χ0) is 37.4. The highest BCUT2D eigenvalue weighted by Crippen LogP contribution is 2.62. The summed E-state index contributed by atoms with van der Waals surface area (Å²) in [6, 6.07) is 60.0. The SMILES string of the molecule is CCC1(CC)c2ccccc2-c2c1cc1ccccc1c2N(c1ccc(-c2ccccc2-c2ccccc2)cc1)c1cccc(C23CC4CC(CC(C4)C2)C3)c1. The first kappa shape index (κ1) is 33.9. The van der Waals surface area contributed by atoms with Crippen molar-refractivity contribution in [2.24, 2.45) is 17.8 Å². The average molecular weight is 726 g/mol. The maximum absolute atomic E-state index is 2.65. The third-order valence-electron chi connectivity index (χ3n) is 14.9. The summed E-state index contributed by atoms with van der Waals surface area (Å²) in [4.78, 5) is 2.65. The molecular weight excluding hydrogens is 675 g/mol. The van der Waals surface area contributed by atoms with Crippen molar-refractivity contribution in [2.45, 2.75) is 76.0 Å².